The summed E-state index contributed by atoms with van der Waals surface area (Å²) in [6, 6.07) is 4.32. The molecule has 0 aromatic heterocycles. The summed E-state index contributed by atoms with van der Waals surface area (Å²) in [6.07, 6.45) is 0. The van der Waals surface area contributed by atoms with Crippen molar-refractivity contribution in [3.63, 3.8) is 0 Å². The van der Waals surface area contributed by atoms with E-state index in [9.17, 15) is 9.18 Å². The summed E-state index contributed by atoms with van der Waals surface area (Å²) in [5, 5.41) is 5.62. The molecule has 1 amide bonds. The molecule has 1 aromatic rings. The van der Waals surface area contributed by atoms with Gasteiger partial charge < -0.3 is 15.4 Å². The van der Waals surface area contributed by atoms with Crippen molar-refractivity contribution in [3.05, 3.63) is 29.6 Å². The van der Waals surface area contributed by atoms with Gasteiger partial charge in [0.15, 0.2) is 0 Å². The molecule has 0 radical (unpaired) electrons. The first-order valence-electron chi connectivity index (χ1n) is 5.92. The van der Waals surface area contributed by atoms with Crippen LogP contribution in [0.15, 0.2) is 18.2 Å². The average Bonchev–Trinajstić information content (AvgIpc) is 2.32. The molecular formula is C13H19FN2O2. The van der Waals surface area contributed by atoms with Gasteiger partial charge in [0.05, 0.1) is 17.9 Å². The molecule has 18 heavy (non-hydrogen) atoms. The van der Waals surface area contributed by atoms with Crippen molar-refractivity contribution in [2.24, 2.45) is 0 Å². The van der Waals surface area contributed by atoms with Gasteiger partial charge in [0, 0.05) is 19.7 Å². The Bertz CT molecular complexity index is 410. The lowest BCUT2D eigenvalue weighted by Crippen LogP contribution is -2.36. The van der Waals surface area contributed by atoms with E-state index in [4.69, 9.17) is 4.74 Å². The maximum Gasteiger partial charge on any atom is 0.253 e. The Hall–Kier alpha value is -1.62. The molecule has 4 nitrogen and oxygen atoms in total. The predicted octanol–water partition coefficient (Wildman–Crippen LogP) is 2.02. The number of halogens is 1. The molecule has 0 aliphatic rings. The van der Waals surface area contributed by atoms with Crippen LogP contribution in [0.2, 0.25) is 0 Å². The largest absolute Gasteiger partial charge is 0.383 e. The molecule has 0 saturated carbocycles. The number of carbonyl (C=O) groups excluding carboxylic acids is 1. The van der Waals surface area contributed by atoms with Gasteiger partial charge in [0.2, 0.25) is 0 Å². The zero-order valence-electron chi connectivity index (χ0n) is 10.9. The maximum atomic E-state index is 13.6. The molecule has 0 saturated heterocycles. The number of para-hydroxylation sites is 1. The number of anilines is 1. The Morgan fingerprint density at radius 1 is 1.50 bits per heavy atom. The van der Waals surface area contributed by atoms with E-state index < -0.39 is 5.82 Å². The second kappa shape index (κ2) is 6.96. The van der Waals surface area contributed by atoms with E-state index in [0.717, 1.165) is 0 Å². The number of nitrogens with one attached hydrogen (secondary N) is 2. The molecule has 0 fully saturated rings. The first-order valence-corrected chi connectivity index (χ1v) is 5.92. The maximum absolute atomic E-state index is 13.6. The van der Waals surface area contributed by atoms with Gasteiger partial charge in [-0.3, -0.25) is 4.79 Å². The number of methoxy groups -OCH3 is 1. The lowest BCUT2D eigenvalue weighted by atomic mass is 10.1. The van der Waals surface area contributed by atoms with E-state index in [1.807, 2.05) is 13.8 Å². The standard InChI is InChI=1S/C13H19FN2O2/c1-4-15-12-10(6-5-7-11(12)14)13(17)16-9(2)8-18-3/h5-7,9,15H,4,8H2,1-3H3,(H,16,17). The first kappa shape index (κ1) is 14.4. The van der Waals surface area contributed by atoms with Crippen LogP contribution >= 0.6 is 0 Å². The molecular weight excluding hydrogens is 235 g/mol. The topological polar surface area (TPSA) is 50.4 Å². The van der Waals surface area contributed by atoms with Crippen LogP contribution in [0.3, 0.4) is 0 Å². The van der Waals surface area contributed by atoms with Crippen LogP contribution in [-0.2, 0) is 4.74 Å². The van der Waals surface area contributed by atoms with Gasteiger partial charge in [-0.2, -0.15) is 0 Å². The molecule has 0 heterocycles. The van der Waals surface area contributed by atoms with Gasteiger partial charge in [-0.05, 0) is 26.0 Å². The van der Waals surface area contributed by atoms with Crippen LogP contribution in [0.1, 0.15) is 24.2 Å². The van der Waals surface area contributed by atoms with Crippen molar-refractivity contribution in [3.8, 4) is 0 Å². The van der Waals surface area contributed by atoms with Crippen molar-refractivity contribution in [2.75, 3.05) is 25.6 Å². The van der Waals surface area contributed by atoms with Crippen molar-refractivity contribution in [1.82, 2.24) is 5.32 Å². The van der Waals surface area contributed by atoms with E-state index >= 15 is 0 Å². The van der Waals surface area contributed by atoms with E-state index in [0.29, 0.717) is 18.7 Å². The van der Waals surface area contributed by atoms with Crippen molar-refractivity contribution >= 4 is 11.6 Å². The number of ether oxygens (including phenoxy) is 1. The zero-order chi connectivity index (χ0) is 13.5. The summed E-state index contributed by atoms with van der Waals surface area (Å²) in [6.45, 7) is 4.64. The highest BCUT2D eigenvalue weighted by atomic mass is 19.1. The minimum atomic E-state index is -0.427. The fourth-order valence-electron chi connectivity index (χ4n) is 1.66. The highest BCUT2D eigenvalue weighted by Gasteiger charge is 2.16. The van der Waals surface area contributed by atoms with E-state index in [1.54, 1.807) is 13.2 Å². The minimum Gasteiger partial charge on any atom is -0.383 e. The number of hydrogen-bond acceptors (Lipinski definition) is 3. The molecule has 5 heteroatoms. The van der Waals surface area contributed by atoms with Crippen LogP contribution in [0, 0.1) is 5.82 Å². The SMILES string of the molecule is CCNc1c(F)cccc1C(=O)NC(C)COC. The Balaban J connectivity index is 2.87. The minimum absolute atomic E-state index is 0.125. The lowest BCUT2D eigenvalue weighted by Gasteiger charge is -2.15. The van der Waals surface area contributed by atoms with Gasteiger partial charge in [0.1, 0.15) is 5.82 Å². The zero-order valence-corrected chi connectivity index (χ0v) is 10.9. The Morgan fingerprint density at radius 2 is 2.22 bits per heavy atom. The normalized spacial score (nSPS) is 12.0. The third-order valence-corrected chi connectivity index (χ3v) is 2.41. The molecule has 1 atom stereocenters. The van der Waals surface area contributed by atoms with Crippen LogP contribution < -0.4 is 10.6 Å². The fourth-order valence-corrected chi connectivity index (χ4v) is 1.66. The molecule has 0 bridgehead atoms. The molecule has 1 aromatic carbocycles. The van der Waals surface area contributed by atoms with Crippen LogP contribution in [0.4, 0.5) is 10.1 Å². The second-order valence-corrected chi connectivity index (χ2v) is 4.02. The number of benzene rings is 1. The third kappa shape index (κ3) is 3.70. The highest BCUT2D eigenvalue weighted by Crippen LogP contribution is 2.19. The predicted molar refractivity (Wildman–Crippen MR) is 69.4 cm³/mol. The van der Waals surface area contributed by atoms with E-state index in [1.165, 1.54) is 12.1 Å². The van der Waals surface area contributed by atoms with Crippen molar-refractivity contribution < 1.29 is 13.9 Å². The van der Waals surface area contributed by atoms with Gasteiger partial charge in [-0.25, -0.2) is 4.39 Å². The summed E-state index contributed by atoms with van der Waals surface area (Å²) < 4.78 is 18.6. The smallest absolute Gasteiger partial charge is 0.253 e. The van der Waals surface area contributed by atoms with Crippen LogP contribution in [0.5, 0.6) is 0 Å². The molecule has 1 unspecified atom stereocenters. The Morgan fingerprint density at radius 3 is 2.83 bits per heavy atom. The van der Waals surface area contributed by atoms with Crippen LogP contribution in [-0.4, -0.2) is 32.2 Å². The second-order valence-electron chi connectivity index (χ2n) is 4.02. The summed E-state index contributed by atoms with van der Waals surface area (Å²) in [4.78, 5) is 12.0. The first-order chi connectivity index (χ1) is 8.60. The molecule has 1 rings (SSSR count). The van der Waals surface area contributed by atoms with Gasteiger partial charge in [-0.15, -0.1) is 0 Å². The Kier molecular flexibility index (Phi) is 5.58. The number of carbonyl (C=O) groups is 1. The van der Waals surface area contributed by atoms with Crippen LogP contribution in [0.25, 0.3) is 0 Å². The molecule has 0 aliphatic carbocycles. The summed E-state index contributed by atoms with van der Waals surface area (Å²) in [5.41, 5.74) is 0.543. The lowest BCUT2D eigenvalue weighted by molar-refractivity contribution is 0.0906. The molecule has 0 spiro atoms. The number of rotatable bonds is 6. The number of hydrogen-bond donors (Lipinski definition) is 2. The summed E-state index contributed by atoms with van der Waals surface area (Å²) >= 11 is 0. The molecule has 0 aliphatic heterocycles. The van der Waals surface area contributed by atoms with Crippen molar-refractivity contribution in [1.29, 1.82) is 0 Å². The van der Waals surface area contributed by atoms with Gasteiger partial charge in [0.25, 0.3) is 5.91 Å². The Labute approximate surface area is 107 Å². The van der Waals surface area contributed by atoms with E-state index in [-0.39, 0.29) is 17.6 Å². The molecule has 2 N–H and O–H groups in total. The summed E-state index contributed by atoms with van der Waals surface area (Å²) in [5.74, 6) is -0.737. The number of amides is 1. The monoisotopic (exact) mass is 254 g/mol. The van der Waals surface area contributed by atoms with Gasteiger partial charge in [-0.1, -0.05) is 6.07 Å². The van der Waals surface area contributed by atoms with E-state index in [2.05, 4.69) is 10.6 Å². The highest BCUT2D eigenvalue weighted by molar-refractivity contribution is 5.99. The third-order valence-electron chi connectivity index (χ3n) is 2.41. The van der Waals surface area contributed by atoms with Gasteiger partial charge >= 0.3 is 0 Å². The quantitative estimate of drug-likeness (QED) is 0.816. The fraction of sp³-hybridized carbons (Fsp3) is 0.462. The molecule has 100 valence electrons. The van der Waals surface area contributed by atoms with Crippen molar-refractivity contribution in [2.45, 2.75) is 19.9 Å². The summed E-state index contributed by atoms with van der Waals surface area (Å²) in [7, 11) is 1.56. The average molecular weight is 254 g/mol.